The molecule has 0 radical (unpaired) electrons. The van der Waals surface area contributed by atoms with Crippen molar-refractivity contribution in [3.8, 4) is 11.5 Å². The number of likely N-dealkylation sites (N-methyl/N-ethyl adjacent to an activating group) is 1. The number of hydrogen-bond acceptors (Lipinski definition) is 4. The van der Waals surface area contributed by atoms with Gasteiger partial charge in [-0.25, -0.2) is 0 Å². The van der Waals surface area contributed by atoms with Crippen molar-refractivity contribution in [3.63, 3.8) is 0 Å². The Hall–Kier alpha value is -1.79. The van der Waals surface area contributed by atoms with Crippen molar-refractivity contribution in [2.75, 3.05) is 48.1 Å². The van der Waals surface area contributed by atoms with E-state index in [9.17, 15) is 4.79 Å². The van der Waals surface area contributed by atoms with Crippen molar-refractivity contribution in [2.24, 2.45) is 0 Å². The third-order valence-corrected chi connectivity index (χ3v) is 3.04. The van der Waals surface area contributed by atoms with Crippen LogP contribution in [0, 0.1) is 0 Å². The summed E-state index contributed by atoms with van der Waals surface area (Å²) in [5.74, 6) is 1.42. The summed E-state index contributed by atoms with van der Waals surface area (Å²) in [6.45, 7) is 2.22. The Balaban J connectivity index is 2.50. The van der Waals surface area contributed by atoms with Gasteiger partial charge in [0.05, 0.1) is 27.9 Å². The molecular weight excluding hydrogens is 272 g/mol. The summed E-state index contributed by atoms with van der Waals surface area (Å²) in [7, 11) is 6.81. The summed E-state index contributed by atoms with van der Waals surface area (Å²) < 4.78 is 15.4. The fourth-order valence-electron chi connectivity index (χ4n) is 2.03. The molecular formula is C15H25N2O4+. The molecule has 6 nitrogen and oxygen atoms in total. The van der Waals surface area contributed by atoms with Gasteiger partial charge in [-0.1, -0.05) is 0 Å². The van der Waals surface area contributed by atoms with Gasteiger partial charge in [-0.2, -0.15) is 0 Å². The molecule has 0 spiro atoms. The van der Waals surface area contributed by atoms with Gasteiger partial charge in [0.25, 0.3) is 5.91 Å². The van der Waals surface area contributed by atoms with E-state index in [1.54, 1.807) is 21.3 Å². The lowest BCUT2D eigenvalue weighted by Crippen LogP contribution is -3.08. The number of ether oxygens (including phenoxy) is 3. The van der Waals surface area contributed by atoms with Crippen LogP contribution in [0.4, 0.5) is 0 Å². The number of nitrogens with one attached hydrogen (secondary N) is 2. The Morgan fingerprint density at radius 1 is 1.19 bits per heavy atom. The van der Waals surface area contributed by atoms with Crippen LogP contribution >= 0.6 is 0 Å². The molecule has 118 valence electrons. The number of benzene rings is 1. The highest BCUT2D eigenvalue weighted by Gasteiger charge is 2.12. The van der Waals surface area contributed by atoms with E-state index < -0.39 is 0 Å². The summed E-state index contributed by atoms with van der Waals surface area (Å²) in [6, 6.07) is 5.79. The van der Waals surface area contributed by atoms with E-state index in [0.717, 1.165) is 17.0 Å². The molecule has 0 saturated heterocycles. The van der Waals surface area contributed by atoms with E-state index in [0.29, 0.717) is 31.2 Å². The van der Waals surface area contributed by atoms with Gasteiger partial charge >= 0.3 is 0 Å². The molecule has 0 fully saturated rings. The van der Waals surface area contributed by atoms with Crippen molar-refractivity contribution in [2.45, 2.75) is 6.54 Å². The second-order valence-electron chi connectivity index (χ2n) is 4.84. The molecule has 0 heterocycles. The Morgan fingerprint density at radius 3 is 2.52 bits per heavy atom. The molecule has 0 saturated carbocycles. The lowest BCUT2D eigenvalue weighted by atomic mass is 10.2. The number of carbonyl (C=O) groups excluding carboxylic acids is 1. The van der Waals surface area contributed by atoms with Gasteiger partial charge in [-0.15, -0.1) is 0 Å². The average molecular weight is 297 g/mol. The maximum atomic E-state index is 11.7. The van der Waals surface area contributed by atoms with Crippen LogP contribution in [0.25, 0.3) is 0 Å². The van der Waals surface area contributed by atoms with Gasteiger partial charge in [0.15, 0.2) is 18.0 Å². The van der Waals surface area contributed by atoms with Crippen LogP contribution in [0.5, 0.6) is 11.5 Å². The van der Waals surface area contributed by atoms with E-state index in [1.165, 1.54) is 0 Å². The Bertz CT molecular complexity index is 451. The van der Waals surface area contributed by atoms with Crippen molar-refractivity contribution in [3.05, 3.63) is 23.8 Å². The molecule has 2 N–H and O–H groups in total. The number of hydrogen-bond donors (Lipinski definition) is 2. The van der Waals surface area contributed by atoms with Gasteiger partial charge < -0.3 is 24.4 Å². The molecule has 0 bridgehead atoms. The minimum Gasteiger partial charge on any atom is -0.493 e. The van der Waals surface area contributed by atoms with Gasteiger partial charge in [0.2, 0.25) is 0 Å². The quantitative estimate of drug-likeness (QED) is 0.602. The average Bonchev–Trinajstić information content (AvgIpc) is 2.47. The Morgan fingerprint density at radius 2 is 1.90 bits per heavy atom. The largest absolute Gasteiger partial charge is 0.493 e. The molecule has 1 aromatic carbocycles. The van der Waals surface area contributed by atoms with E-state index in [1.807, 2.05) is 25.2 Å². The number of carbonyl (C=O) groups is 1. The molecule has 0 aliphatic carbocycles. The lowest BCUT2D eigenvalue weighted by Gasteiger charge is -2.15. The van der Waals surface area contributed by atoms with E-state index in [2.05, 4.69) is 5.32 Å². The number of amides is 1. The van der Waals surface area contributed by atoms with Crippen LogP contribution in [-0.2, 0) is 16.1 Å². The lowest BCUT2D eigenvalue weighted by molar-refractivity contribution is -0.885. The zero-order valence-corrected chi connectivity index (χ0v) is 13.2. The summed E-state index contributed by atoms with van der Waals surface area (Å²) in [4.78, 5) is 12.8. The van der Waals surface area contributed by atoms with Gasteiger partial charge in [0.1, 0.15) is 6.54 Å². The topological polar surface area (TPSA) is 61.2 Å². The molecule has 21 heavy (non-hydrogen) atoms. The standard InChI is InChI=1S/C15H24N2O4/c1-17(11-15(18)16-7-8-19-2)10-12-5-6-13(20-3)14(9-12)21-4/h5-6,9H,7-8,10-11H2,1-4H3,(H,16,18)/p+1. The molecule has 0 aliphatic heterocycles. The normalized spacial score (nSPS) is 11.8. The van der Waals surface area contributed by atoms with E-state index >= 15 is 0 Å². The van der Waals surface area contributed by atoms with Crippen LogP contribution in [0.15, 0.2) is 18.2 Å². The monoisotopic (exact) mass is 297 g/mol. The molecule has 1 rings (SSSR count). The smallest absolute Gasteiger partial charge is 0.275 e. The molecule has 1 unspecified atom stereocenters. The minimum absolute atomic E-state index is 0.0185. The van der Waals surface area contributed by atoms with Crippen molar-refractivity contribution < 1.29 is 23.9 Å². The predicted octanol–water partition coefficient (Wildman–Crippen LogP) is -0.519. The highest BCUT2D eigenvalue weighted by atomic mass is 16.5. The summed E-state index contributed by atoms with van der Waals surface area (Å²) in [6.07, 6.45) is 0. The molecule has 0 aliphatic rings. The van der Waals surface area contributed by atoms with Crippen LogP contribution in [0.3, 0.4) is 0 Å². The fourth-order valence-corrected chi connectivity index (χ4v) is 2.03. The van der Waals surface area contributed by atoms with Crippen molar-refractivity contribution in [1.29, 1.82) is 0 Å². The third-order valence-electron chi connectivity index (χ3n) is 3.04. The maximum Gasteiger partial charge on any atom is 0.275 e. The number of methoxy groups -OCH3 is 3. The molecule has 1 aromatic rings. The second-order valence-corrected chi connectivity index (χ2v) is 4.84. The number of rotatable bonds is 9. The van der Waals surface area contributed by atoms with Gasteiger partial charge in [0, 0.05) is 19.2 Å². The summed E-state index contributed by atoms with van der Waals surface area (Å²) in [5.41, 5.74) is 1.09. The zero-order chi connectivity index (χ0) is 15.7. The van der Waals surface area contributed by atoms with Crippen LogP contribution < -0.4 is 19.7 Å². The number of quaternary nitrogens is 1. The first-order valence-electron chi connectivity index (χ1n) is 6.88. The highest BCUT2D eigenvalue weighted by Crippen LogP contribution is 2.27. The maximum absolute atomic E-state index is 11.7. The molecule has 1 atom stereocenters. The van der Waals surface area contributed by atoms with Crippen LogP contribution in [0.1, 0.15) is 5.56 Å². The summed E-state index contributed by atoms with van der Waals surface area (Å²) >= 11 is 0. The van der Waals surface area contributed by atoms with Crippen molar-refractivity contribution in [1.82, 2.24) is 5.32 Å². The second kappa shape index (κ2) is 9.20. The fraction of sp³-hybridized carbons (Fsp3) is 0.533. The Labute approximate surface area is 126 Å². The van der Waals surface area contributed by atoms with Crippen LogP contribution in [-0.4, -0.2) is 54.0 Å². The predicted molar refractivity (Wildman–Crippen MR) is 79.9 cm³/mol. The van der Waals surface area contributed by atoms with Gasteiger partial charge in [-0.05, 0) is 18.2 Å². The first kappa shape index (κ1) is 17.3. The highest BCUT2D eigenvalue weighted by molar-refractivity contribution is 5.76. The SMILES string of the molecule is COCCNC(=O)C[NH+](C)Cc1ccc(OC)c(OC)c1. The summed E-state index contributed by atoms with van der Waals surface area (Å²) in [5, 5.41) is 2.81. The van der Waals surface area contributed by atoms with Gasteiger partial charge in [-0.3, -0.25) is 4.79 Å². The molecule has 1 amide bonds. The third kappa shape index (κ3) is 6.01. The van der Waals surface area contributed by atoms with E-state index in [-0.39, 0.29) is 5.91 Å². The van der Waals surface area contributed by atoms with Crippen LogP contribution in [0.2, 0.25) is 0 Å². The first-order valence-corrected chi connectivity index (χ1v) is 6.88. The molecule has 0 aromatic heterocycles. The van der Waals surface area contributed by atoms with Crippen molar-refractivity contribution >= 4 is 5.91 Å². The van der Waals surface area contributed by atoms with E-state index in [4.69, 9.17) is 14.2 Å². The Kier molecular flexibility index (Phi) is 7.56. The first-order chi connectivity index (χ1) is 10.1. The minimum atomic E-state index is 0.0185. The zero-order valence-electron chi connectivity index (χ0n) is 13.2. The molecule has 6 heteroatoms.